The summed E-state index contributed by atoms with van der Waals surface area (Å²) < 4.78 is 14.5. The molecule has 3 rings (SSSR count). The fourth-order valence-corrected chi connectivity index (χ4v) is 3.18. The third kappa shape index (κ3) is 3.90. The first kappa shape index (κ1) is 18.8. The Balaban J connectivity index is 1.98. The first-order chi connectivity index (χ1) is 12.9. The standard InChI is InChI=1S/C18H17ClFN5O2/c1-10-14(17(26)25(2)9-11-8-21-6-7-22-11)16(24-18(27)23-10)15-12(19)4-3-5-13(15)20/h3-8,16H,9H2,1-2H3,(H2,23,24,27)/t16-/m0/s1. The van der Waals surface area contributed by atoms with Crippen molar-refractivity contribution in [1.82, 2.24) is 25.5 Å². The third-order valence-electron chi connectivity index (χ3n) is 4.15. The fraction of sp³-hybridized carbons (Fsp3) is 0.222. The van der Waals surface area contributed by atoms with Crippen LogP contribution in [0.5, 0.6) is 0 Å². The van der Waals surface area contributed by atoms with Crippen LogP contribution in [0.15, 0.2) is 48.1 Å². The van der Waals surface area contributed by atoms with Crippen molar-refractivity contribution < 1.29 is 14.0 Å². The minimum Gasteiger partial charge on any atom is -0.336 e. The predicted octanol–water partition coefficient (Wildman–Crippen LogP) is 2.56. The number of nitrogens with zero attached hydrogens (tertiary/aromatic N) is 3. The second-order valence-electron chi connectivity index (χ2n) is 6.06. The van der Waals surface area contributed by atoms with Gasteiger partial charge in [-0.3, -0.25) is 14.8 Å². The van der Waals surface area contributed by atoms with Crippen LogP contribution in [0.4, 0.5) is 9.18 Å². The normalized spacial score (nSPS) is 16.6. The lowest BCUT2D eigenvalue weighted by Gasteiger charge is -2.31. The van der Waals surface area contributed by atoms with Crippen LogP contribution in [-0.2, 0) is 11.3 Å². The van der Waals surface area contributed by atoms with E-state index in [1.807, 2.05) is 0 Å². The number of hydrogen-bond donors (Lipinski definition) is 2. The molecular weight excluding hydrogens is 373 g/mol. The van der Waals surface area contributed by atoms with E-state index in [2.05, 4.69) is 20.6 Å². The molecule has 0 aliphatic carbocycles. The molecule has 3 amide bonds. The Morgan fingerprint density at radius 3 is 2.81 bits per heavy atom. The molecule has 2 aromatic rings. The third-order valence-corrected chi connectivity index (χ3v) is 4.48. The molecule has 0 radical (unpaired) electrons. The Bertz CT molecular complexity index is 899. The molecule has 0 spiro atoms. The number of likely N-dealkylation sites (N-methyl/N-ethyl adjacent to an activating group) is 1. The predicted molar refractivity (Wildman–Crippen MR) is 97.0 cm³/mol. The van der Waals surface area contributed by atoms with Gasteiger partial charge >= 0.3 is 6.03 Å². The van der Waals surface area contributed by atoms with Crippen LogP contribution in [0.3, 0.4) is 0 Å². The lowest BCUT2D eigenvalue weighted by Crippen LogP contribution is -2.47. The summed E-state index contributed by atoms with van der Waals surface area (Å²) in [5, 5.41) is 5.26. The van der Waals surface area contributed by atoms with Crippen LogP contribution in [0, 0.1) is 5.82 Å². The maximum absolute atomic E-state index is 14.5. The first-order valence-corrected chi connectivity index (χ1v) is 8.49. The molecule has 0 unspecified atom stereocenters. The number of carbonyl (C=O) groups excluding carboxylic acids is 2. The number of halogens is 2. The SMILES string of the molecule is CC1=C(C(=O)N(C)Cc2cnccn2)[C@@H](c2c(F)cccc2Cl)NC(=O)N1. The van der Waals surface area contributed by atoms with Crippen molar-refractivity contribution in [3.8, 4) is 0 Å². The molecule has 1 aromatic heterocycles. The molecule has 2 N–H and O–H groups in total. The van der Waals surface area contributed by atoms with Crippen molar-refractivity contribution >= 4 is 23.5 Å². The summed E-state index contributed by atoms with van der Waals surface area (Å²) in [4.78, 5) is 34.6. The van der Waals surface area contributed by atoms with Gasteiger partial charge in [-0.2, -0.15) is 0 Å². The number of carbonyl (C=O) groups is 2. The summed E-state index contributed by atoms with van der Waals surface area (Å²) in [6.07, 6.45) is 4.62. The zero-order chi connectivity index (χ0) is 19.6. The molecule has 140 valence electrons. The molecule has 1 aliphatic heterocycles. The number of aromatic nitrogens is 2. The van der Waals surface area contributed by atoms with Crippen LogP contribution in [0.2, 0.25) is 5.02 Å². The Morgan fingerprint density at radius 1 is 1.37 bits per heavy atom. The fourth-order valence-electron chi connectivity index (χ4n) is 2.91. The number of hydrogen-bond acceptors (Lipinski definition) is 4. The number of allylic oxidation sites excluding steroid dienone is 1. The second-order valence-corrected chi connectivity index (χ2v) is 6.47. The van der Waals surface area contributed by atoms with Crippen molar-refractivity contribution in [2.24, 2.45) is 0 Å². The van der Waals surface area contributed by atoms with Crippen molar-refractivity contribution in [2.45, 2.75) is 19.5 Å². The van der Waals surface area contributed by atoms with Crippen molar-refractivity contribution in [3.63, 3.8) is 0 Å². The van der Waals surface area contributed by atoms with Gasteiger partial charge in [0, 0.05) is 35.7 Å². The van der Waals surface area contributed by atoms with E-state index in [0.717, 1.165) is 0 Å². The number of amides is 3. The lowest BCUT2D eigenvalue weighted by atomic mass is 9.94. The molecule has 1 aromatic carbocycles. The van der Waals surface area contributed by atoms with Crippen molar-refractivity contribution in [3.05, 3.63) is 70.2 Å². The topological polar surface area (TPSA) is 87.2 Å². The summed E-state index contributed by atoms with van der Waals surface area (Å²) in [7, 11) is 1.59. The monoisotopic (exact) mass is 389 g/mol. The van der Waals surface area contributed by atoms with E-state index in [1.54, 1.807) is 20.2 Å². The van der Waals surface area contributed by atoms with E-state index in [1.165, 1.54) is 35.5 Å². The lowest BCUT2D eigenvalue weighted by molar-refractivity contribution is -0.126. The smallest absolute Gasteiger partial charge is 0.319 e. The van der Waals surface area contributed by atoms with Gasteiger partial charge in [0.25, 0.3) is 5.91 Å². The summed E-state index contributed by atoms with van der Waals surface area (Å²) in [6, 6.07) is 2.65. The number of nitrogens with one attached hydrogen (secondary N) is 2. The second kappa shape index (κ2) is 7.71. The van der Waals surface area contributed by atoms with Crippen molar-refractivity contribution in [1.29, 1.82) is 0 Å². The number of urea groups is 1. The van der Waals surface area contributed by atoms with Gasteiger partial charge in [0.15, 0.2) is 0 Å². The largest absolute Gasteiger partial charge is 0.336 e. The van der Waals surface area contributed by atoms with E-state index in [9.17, 15) is 14.0 Å². The molecule has 1 atom stereocenters. The highest BCUT2D eigenvalue weighted by Gasteiger charge is 2.35. The average molecular weight is 390 g/mol. The number of benzene rings is 1. The molecular formula is C18H17ClFN5O2. The van der Waals surface area contributed by atoms with Crippen LogP contribution in [0.1, 0.15) is 24.2 Å². The van der Waals surface area contributed by atoms with E-state index in [4.69, 9.17) is 11.6 Å². The Morgan fingerprint density at radius 2 is 2.15 bits per heavy atom. The highest BCUT2D eigenvalue weighted by atomic mass is 35.5. The molecule has 1 aliphatic rings. The van der Waals surface area contributed by atoms with E-state index in [-0.39, 0.29) is 22.7 Å². The zero-order valence-corrected chi connectivity index (χ0v) is 15.4. The molecule has 27 heavy (non-hydrogen) atoms. The molecule has 0 bridgehead atoms. The summed E-state index contributed by atoms with van der Waals surface area (Å²) in [6.45, 7) is 1.79. The van der Waals surface area contributed by atoms with Gasteiger partial charge in [-0.15, -0.1) is 0 Å². The van der Waals surface area contributed by atoms with Gasteiger partial charge < -0.3 is 15.5 Å². The van der Waals surface area contributed by atoms with Crippen LogP contribution in [0.25, 0.3) is 0 Å². The molecule has 0 saturated carbocycles. The Labute approximate surface area is 160 Å². The quantitative estimate of drug-likeness (QED) is 0.841. The van der Waals surface area contributed by atoms with Gasteiger partial charge in [0.05, 0.1) is 30.1 Å². The Kier molecular flexibility index (Phi) is 5.36. The van der Waals surface area contributed by atoms with Crippen molar-refractivity contribution in [2.75, 3.05) is 7.05 Å². The minimum atomic E-state index is -1.01. The van der Waals surface area contributed by atoms with Crippen LogP contribution in [-0.4, -0.2) is 33.9 Å². The maximum Gasteiger partial charge on any atom is 0.319 e. The van der Waals surface area contributed by atoms with E-state index in [0.29, 0.717) is 11.4 Å². The van der Waals surface area contributed by atoms with Gasteiger partial charge in [-0.1, -0.05) is 17.7 Å². The zero-order valence-electron chi connectivity index (χ0n) is 14.7. The molecule has 2 heterocycles. The summed E-state index contributed by atoms with van der Waals surface area (Å²) in [5.41, 5.74) is 1.18. The summed E-state index contributed by atoms with van der Waals surface area (Å²) >= 11 is 6.16. The Hall–Kier alpha value is -3.00. The van der Waals surface area contributed by atoms with Crippen LogP contribution < -0.4 is 10.6 Å². The van der Waals surface area contributed by atoms with E-state index < -0.39 is 23.8 Å². The minimum absolute atomic E-state index is 0.0459. The van der Waals surface area contributed by atoms with Gasteiger partial charge in [0.2, 0.25) is 0 Å². The van der Waals surface area contributed by atoms with Gasteiger partial charge in [0.1, 0.15) is 5.82 Å². The van der Waals surface area contributed by atoms with E-state index >= 15 is 0 Å². The maximum atomic E-state index is 14.5. The van der Waals surface area contributed by atoms with Gasteiger partial charge in [-0.05, 0) is 19.1 Å². The summed E-state index contributed by atoms with van der Waals surface area (Å²) in [5.74, 6) is -1.00. The molecule has 0 saturated heterocycles. The number of rotatable bonds is 4. The first-order valence-electron chi connectivity index (χ1n) is 8.11. The molecule has 0 fully saturated rings. The highest BCUT2D eigenvalue weighted by Crippen LogP contribution is 2.34. The highest BCUT2D eigenvalue weighted by molar-refractivity contribution is 6.31. The average Bonchev–Trinajstić information content (AvgIpc) is 2.61. The molecule has 7 nitrogen and oxygen atoms in total. The molecule has 9 heteroatoms. The van der Waals surface area contributed by atoms with Gasteiger partial charge in [-0.25, -0.2) is 9.18 Å². The van der Waals surface area contributed by atoms with Crippen LogP contribution >= 0.6 is 11.6 Å².